The number of carboxylic acids is 1. The largest absolute Gasteiger partial charge is 0.481 e. The third kappa shape index (κ3) is 7.42. The minimum atomic E-state index is -4.78. The highest BCUT2D eigenvalue weighted by Gasteiger charge is 2.48. The molecule has 0 saturated heterocycles. The quantitative estimate of drug-likeness (QED) is 0.199. The highest BCUT2D eigenvalue weighted by atomic mass is 35.5. The molecular formula is C28H31Cl2F3N6O4Si. The second-order valence-corrected chi connectivity index (χ2v) is 17.3. The summed E-state index contributed by atoms with van der Waals surface area (Å²) in [5, 5.41) is 18.3. The molecule has 1 atom stereocenters. The van der Waals surface area contributed by atoms with Crippen LogP contribution >= 0.6 is 23.2 Å². The molecule has 0 aliphatic heterocycles. The molecule has 0 aliphatic rings. The van der Waals surface area contributed by atoms with Crippen molar-refractivity contribution in [3.63, 3.8) is 0 Å². The Kier molecular flexibility index (Phi) is 9.50. The van der Waals surface area contributed by atoms with Gasteiger partial charge in [0.1, 0.15) is 18.8 Å². The second-order valence-electron chi connectivity index (χ2n) is 11.7. The molecule has 2 heterocycles. The maximum absolute atomic E-state index is 14.4. The molecule has 0 bridgehead atoms. The zero-order valence-electron chi connectivity index (χ0n) is 24.6. The van der Waals surface area contributed by atoms with Crippen molar-refractivity contribution in [2.45, 2.75) is 70.7 Å². The lowest BCUT2D eigenvalue weighted by Gasteiger charge is -2.39. The molecular weight excluding hydrogens is 640 g/mol. The topological polar surface area (TPSA) is 117 Å². The molecule has 2 aromatic heterocycles. The molecule has 0 radical (unpaired) electrons. The van der Waals surface area contributed by atoms with Gasteiger partial charge in [0.05, 0.1) is 17.3 Å². The Bertz CT molecular complexity index is 1710. The first kappa shape index (κ1) is 33.4. The number of benzene rings is 2. The van der Waals surface area contributed by atoms with E-state index in [2.05, 4.69) is 15.2 Å². The lowest BCUT2D eigenvalue weighted by atomic mass is 10.2. The van der Waals surface area contributed by atoms with Gasteiger partial charge in [-0.05, 0) is 54.5 Å². The average Bonchev–Trinajstić information content (AvgIpc) is 3.43. The van der Waals surface area contributed by atoms with E-state index in [1.807, 2.05) is 20.8 Å². The molecule has 0 fully saturated rings. The van der Waals surface area contributed by atoms with E-state index in [0.717, 1.165) is 9.25 Å². The maximum Gasteiger partial charge on any atom is 0.415 e. The summed E-state index contributed by atoms with van der Waals surface area (Å²) >= 11 is 12.3. The molecule has 0 saturated carbocycles. The summed E-state index contributed by atoms with van der Waals surface area (Å²) in [7, 11) is -2.92. The normalized spacial score (nSPS) is 13.3. The molecule has 44 heavy (non-hydrogen) atoms. The van der Waals surface area contributed by atoms with Crippen molar-refractivity contribution in [1.29, 1.82) is 0 Å². The van der Waals surface area contributed by atoms with Gasteiger partial charge in [-0.25, -0.2) is 19.1 Å². The molecule has 4 rings (SSSR count). The summed E-state index contributed by atoms with van der Waals surface area (Å²) in [5.41, 5.74) is -0.156. The molecule has 2 aromatic carbocycles. The van der Waals surface area contributed by atoms with Crippen LogP contribution in [-0.2, 0) is 28.7 Å². The van der Waals surface area contributed by atoms with Gasteiger partial charge >= 0.3 is 17.8 Å². The van der Waals surface area contributed by atoms with E-state index in [0.29, 0.717) is 16.3 Å². The lowest BCUT2D eigenvalue weighted by Crippen LogP contribution is -2.50. The van der Waals surface area contributed by atoms with Gasteiger partial charge in [0.15, 0.2) is 26.1 Å². The number of hydrogen-bond acceptors (Lipinski definition) is 6. The number of alkyl halides is 3. The highest BCUT2D eigenvalue weighted by Crippen LogP contribution is 2.40. The van der Waals surface area contributed by atoms with Crippen molar-refractivity contribution in [3.05, 3.63) is 80.7 Å². The van der Waals surface area contributed by atoms with Gasteiger partial charge < -0.3 is 9.53 Å². The number of rotatable bonds is 10. The van der Waals surface area contributed by atoms with Crippen molar-refractivity contribution >= 4 is 37.5 Å². The first-order chi connectivity index (χ1) is 20.4. The molecule has 1 N–H and O–H groups in total. The SMILES string of the molecule is CC(C)(C)[Si](C)(C)O[C@@H](Cn1c(-c2ccc(Cl)cc2)nn(Cc2nc(CC(=O)O)n(-c3ccccc3Cl)n2)c1=O)C(F)(F)F. The average molecular weight is 672 g/mol. The summed E-state index contributed by atoms with van der Waals surface area (Å²) in [5.74, 6) is -1.19. The van der Waals surface area contributed by atoms with E-state index < -0.39 is 50.3 Å². The molecule has 4 aromatic rings. The van der Waals surface area contributed by atoms with Crippen molar-refractivity contribution in [2.75, 3.05) is 0 Å². The number of carboxylic acid groups (broad SMARTS) is 1. The third-order valence-corrected chi connectivity index (χ3v) is 12.4. The molecule has 236 valence electrons. The summed E-state index contributed by atoms with van der Waals surface area (Å²) < 4.78 is 52.1. The van der Waals surface area contributed by atoms with Crippen molar-refractivity contribution in [1.82, 2.24) is 29.1 Å². The summed E-state index contributed by atoms with van der Waals surface area (Å²) in [6, 6.07) is 12.7. The molecule has 0 unspecified atom stereocenters. The predicted octanol–water partition coefficient (Wildman–Crippen LogP) is 6.23. The van der Waals surface area contributed by atoms with Crippen LogP contribution in [0.15, 0.2) is 53.3 Å². The van der Waals surface area contributed by atoms with Crippen LogP contribution in [0.5, 0.6) is 0 Å². The Balaban J connectivity index is 1.81. The minimum Gasteiger partial charge on any atom is -0.481 e. The zero-order valence-corrected chi connectivity index (χ0v) is 27.1. The summed E-state index contributed by atoms with van der Waals surface area (Å²) in [6.07, 6.45) is -7.57. The standard InChI is InChI=1S/C28H31Cl2F3N6O4Si/c1-27(2,3)44(4,5)43-21(28(31,32)33)15-37-25(17-10-12-18(29)13-11-17)36-38(26(37)42)16-22-34-23(14-24(40)41)39(35-22)20-9-7-6-8-19(20)30/h6-13,21H,14-16H2,1-5H3,(H,40,41)/t21-/m0/s1. The van der Waals surface area contributed by atoms with Gasteiger partial charge in [-0.2, -0.15) is 13.2 Å². The fraction of sp³-hybridized carbons (Fsp3) is 0.393. The van der Waals surface area contributed by atoms with Crippen LogP contribution in [0.2, 0.25) is 28.2 Å². The highest BCUT2D eigenvalue weighted by molar-refractivity contribution is 6.74. The number of nitrogens with zero attached hydrogens (tertiary/aromatic N) is 6. The van der Waals surface area contributed by atoms with Gasteiger partial charge in [-0.3, -0.25) is 9.36 Å². The van der Waals surface area contributed by atoms with Crippen LogP contribution in [-0.4, -0.2) is 60.8 Å². The van der Waals surface area contributed by atoms with Crippen molar-refractivity contribution < 1.29 is 27.5 Å². The number of para-hydroxylation sites is 1. The van der Waals surface area contributed by atoms with E-state index in [9.17, 15) is 27.9 Å². The van der Waals surface area contributed by atoms with E-state index >= 15 is 0 Å². The van der Waals surface area contributed by atoms with E-state index in [1.165, 1.54) is 28.9 Å². The van der Waals surface area contributed by atoms with Crippen LogP contribution < -0.4 is 5.69 Å². The Hall–Kier alpha value is -3.46. The Labute approximate surface area is 262 Å². The van der Waals surface area contributed by atoms with Gasteiger partial charge in [0.2, 0.25) is 0 Å². The maximum atomic E-state index is 14.4. The molecule has 0 aliphatic carbocycles. The third-order valence-electron chi connectivity index (χ3n) is 7.38. The number of carbonyl (C=O) groups is 1. The number of aromatic nitrogens is 6. The fourth-order valence-corrected chi connectivity index (χ4v) is 5.70. The fourth-order valence-electron chi connectivity index (χ4n) is 4.09. The zero-order chi connectivity index (χ0) is 32.6. The molecule has 0 spiro atoms. The first-order valence-corrected chi connectivity index (χ1v) is 17.1. The van der Waals surface area contributed by atoms with Gasteiger partial charge in [0.25, 0.3) is 0 Å². The van der Waals surface area contributed by atoms with E-state index in [1.54, 1.807) is 37.4 Å². The smallest absolute Gasteiger partial charge is 0.415 e. The number of aliphatic carboxylic acids is 1. The van der Waals surface area contributed by atoms with Crippen LogP contribution in [0.3, 0.4) is 0 Å². The first-order valence-electron chi connectivity index (χ1n) is 13.5. The Morgan fingerprint density at radius 2 is 1.68 bits per heavy atom. The molecule has 10 nitrogen and oxygen atoms in total. The van der Waals surface area contributed by atoms with Crippen LogP contribution in [0.1, 0.15) is 32.4 Å². The lowest BCUT2D eigenvalue weighted by molar-refractivity contribution is -0.202. The van der Waals surface area contributed by atoms with Crippen molar-refractivity contribution in [2.24, 2.45) is 0 Å². The number of hydrogen-bond donors (Lipinski definition) is 1. The minimum absolute atomic E-state index is 0.000436. The van der Waals surface area contributed by atoms with Crippen LogP contribution in [0, 0.1) is 0 Å². The monoisotopic (exact) mass is 670 g/mol. The van der Waals surface area contributed by atoms with E-state index in [4.69, 9.17) is 27.6 Å². The van der Waals surface area contributed by atoms with E-state index in [-0.39, 0.29) is 29.0 Å². The van der Waals surface area contributed by atoms with Crippen molar-refractivity contribution in [3.8, 4) is 17.1 Å². The number of halogens is 5. The predicted molar refractivity (Wildman–Crippen MR) is 162 cm³/mol. The van der Waals surface area contributed by atoms with Crippen LogP contribution in [0.25, 0.3) is 17.1 Å². The van der Waals surface area contributed by atoms with Gasteiger partial charge in [-0.15, -0.1) is 10.2 Å². The Morgan fingerprint density at radius 3 is 2.25 bits per heavy atom. The molecule has 0 amide bonds. The Morgan fingerprint density at radius 1 is 1.05 bits per heavy atom. The van der Waals surface area contributed by atoms with Gasteiger partial charge in [0, 0.05) is 10.6 Å². The molecule has 16 heteroatoms. The van der Waals surface area contributed by atoms with Crippen LogP contribution in [0.4, 0.5) is 13.2 Å². The summed E-state index contributed by atoms with van der Waals surface area (Å²) in [4.78, 5) is 29.5. The summed E-state index contributed by atoms with van der Waals surface area (Å²) in [6.45, 7) is 7.66. The second kappa shape index (κ2) is 12.5. The van der Waals surface area contributed by atoms with Gasteiger partial charge in [-0.1, -0.05) is 56.1 Å².